The molecule has 0 aromatic carbocycles. The van der Waals surface area contributed by atoms with Crippen LogP contribution in [0, 0.1) is 5.41 Å². The molecule has 1 heterocycles. The highest BCUT2D eigenvalue weighted by atomic mass is 16.5. The van der Waals surface area contributed by atoms with Gasteiger partial charge in [0.15, 0.2) is 0 Å². The average Bonchev–Trinajstić information content (AvgIpc) is 2.33. The molecule has 2 fully saturated rings. The van der Waals surface area contributed by atoms with Crippen molar-refractivity contribution >= 4 is 5.91 Å². The van der Waals surface area contributed by atoms with Crippen molar-refractivity contribution in [1.29, 1.82) is 0 Å². The Labute approximate surface area is 97.9 Å². The minimum absolute atomic E-state index is 0.248. The topological polar surface area (TPSA) is 38.3 Å². The number of carbonyl (C=O) groups excluding carboxylic acids is 1. The molecule has 1 aliphatic carbocycles. The van der Waals surface area contributed by atoms with Crippen LogP contribution in [0.25, 0.3) is 0 Å². The summed E-state index contributed by atoms with van der Waals surface area (Å²) in [5.74, 6) is 0.248. The van der Waals surface area contributed by atoms with Crippen LogP contribution in [0.2, 0.25) is 0 Å². The molecule has 0 radical (unpaired) electrons. The first kappa shape index (κ1) is 11.9. The van der Waals surface area contributed by atoms with Crippen molar-refractivity contribution in [2.45, 2.75) is 57.9 Å². The van der Waals surface area contributed by atoms with Crippen molar-refractivity contribution in [1.82, 2.24) is 5.32 Å². The second-order valence-corrected chi connectivity index (χ2v) is 5.24. The Morgan fingerprint density at radius 2 is 2.12 bits per heavy atom. The lowest BCUT2D eigenvalue weighted by Crippen LogP contribution is -2.57. The fraction of sp³-hybridized carbons (Fsp3) is 0.923. The first-order valence-corrected chi connectivity index (χ1v) is 6.64. The summed E-state index contributed by atoms with van der Waals surface area (Å²) in [4.78, 5) is 11.7. The standard InChI is InChI=1S/C13H23NO2/c1-2-3-4-12(15)14-11-5-6-13(11)7-9-16-10-8-13/h11H,2-10H2,1H3,(H,14,15). The van der Waals surface area contributed by atoms with Crippen molar-refractivity contribution in [3.63, 3.8) is 0 Å². The van der Waals surface area contributed by atoms with Crippen LogP contribution in [-0.2, 0) is 9.53 Å². The van der Waals surface area contributed by atoms with Gasteiger partial charge in [0.2, 0.25) is 5.91 Å². The number of ether oxygens (including phenoxy) is 1. The van der Waals surface area contributed by atoms with E-state index in [0.717, 1.165) is 45.3 Å². The number of rotatable bonds is 4. The molecule has 3 nitrogen and oxygen atoms in total. The first-order valence-electron chi connectivity index (χ1n) is 6.64. The number of hydrogen-bond acceptors (Lipinski definition) is 2. The number of nitrogens with one attached hydrogen (secondary N) is 1. The smallest absolute Gasteiger partial charge is 0.220 e. The Morgan fingerprint density at radius 3 is 2.69 bits per heavy atom. The fourth-order valence-electron chi connectivity index (χ4n) is 2.90. The van der Waals surface area contributed by atoms with Gasteiger partial charge >= 0.3 is 0 Å². The third-order valence-electron chi connectivity index (χ3n) is 4.25. The Bertz CT molecular complexity index is 246. The van der Waals surface area contributed by atoms with E-state index >= 15 is 0 Å². The van der Waals surface area contributed by atoms with Crippen LogP contribution in [0.4, 0.5) is 0 Å². The minimum atomic E-state index is 0.248. The molecule has 0 bridgehead atoms. The average molecular weight is 225 g/mol. The highest BCUT2D eigenvalue weighted by Gasteiger charge is 2.47. The van der Waals surface area contributed by atoms with Crippen molar-refractivity contribution in [2.75, 3.05) is 13.2 Å². The van der Waals surface area contributed by atoms with E-state index in [1.807, 2.05) is 0 Å². The van der Waals surface area contributed by atoms with E-state index in [9.17, 15) is 4.79 Å². The summed E-state index contributed by atoms with van der Waals surface area (Å²) in [6, 6.07) is 0.431. The quantitative estimate of drug-likeness (QED) is 0.797. The summed E-state index contributed by atoms with van der Waals surface area (Å²) in [5, 5.41) is 3.22. The molecule has 1 saturated carbocycles. The minimum Gasteiger partial charge on any atom is -0.381 e. The second-order valence-electron chi connectivity index (χ2n) is 5.24. The molecule has 1 atom stereocenters. The summed E-state index contributed by atoms with van der Waals surface area (Å²) in [7, 11) is 0. The molecule has 3 heteroatoms. The van der Waals surface area contributed by atoms with Gasteiger partial charge in [0.05, 0.1) is 0 Å². The molecular formula is C13H23NO2. The molecule has 92 valence electrons. The predicted octanol–water partition coefficient (Wildman–Crippen LogP) is 2.25. The number of amides is 1. The number of carbonyl (C=O) groups is 1. The molecule has 2 rings (SSSR count). The van der Waals surface area contributed by atoms with Crippen LogP contribution in [0.5, 0.6) is 0 Å². The van der Waals surface area contributed by atoms with Crippen molar-refractivity contribution in [2.24, 2.45) is 5.41 Å². The van der Waals surface area contributed by atoms with E-state index in [-0.39, 0.29) is 5.91 Å². The van der Waals surface area contributed by atoms with Crippen LogP contribution in [0.15, 0.2) is 0 Å². The molecule has 1 saturated heterocycles. The zero-order chi connectivity index (χ0) is 11.4. The molecular weight excluding hydrogens is 202 g/mol. The number of hydrogen-bond donors (Lipinski definition) is 1. The molecule has 2 aliphatic rings. The maximum Gasteiger partial charge on any atom is 0.220 e. The summed E-state index contributed by atoms with van der Waals surface area (Å²) >= 11 is 0. The molecule has 1 N–H and O–H groups in total. The summed E-state index contributed by atoms with van der Waals surface area (Å²) in [6.45, 7) is 3.87. The van der Waals surface area contributed by atoms with E-state index in [2.05, 4.69) is 12.2 Å². The normalized spacial score (nSPS) is 27.4. The van der Waals surface area contributed by atoms with Crippen LogP contribution in [-0.4, -0.2) is 25.2 Å². The highest BCUT2D eigenvalue weighted by molar-refractivity contribution is 5.76. The predicted molar refractivity (Wildman–Crippen MR) is 63.2 cm³/mol. The second kappa shape index (κ2) is 5.17. The lowest BCUT2D eigenvalue weighted by Gasteiger charge is -2.52. The van der Waals surface area contributed by atoms with E-state index in [4.69, 9.17) is 4.74 Å². The molecule has 1 unspecified atom stereocenters. The van der Waals surface area contributed by atoms with Gasteiger partial charge < -0.3 is 10.1 Å². The highest BCUT2D eigenvalue weighted by Crippen LogP contribution is 2.48. The van der Waals surface area contributed by atoms with E-state index in [1.165, 1.54) is 6.42 Å². The maximum atomic E-state index is 11.7. The van der Waals surface area contributed by atoms with Gasteiger partial charge in [-0.1, -0.05) is 13.3 Å². The largest absolute Gasteiger partial charge is 0.381 e. The maximum absolute atomic E-state index is 11.7. The van der Waals surface area contributed by atoms with E-state index in [1.54, 1.807) is 0 Å². The Hall–Kier alpha value is -0.570. The number of unbranched alkanes of at least 4 members (excludes halogenated alkanes) is 1. The van der Waals surface area contributed by atoms with Gasteiger partial charge in [-0.15, -0.1) is 0 Å². The molecule has 1 spiro atoms. The molecule has 16 heavy (non-hydrogen) atoms. The third-order valence-corrected chi connectivity index (χ3v) is 4.25. The van der Waals surface area contributed by atoms with Gasteiger partial charge in [-0.2, -0.15) is 0 Å². The van der Waals surface area contributed by atoms with Crippen molar-refractivity contribution in [3.05, 3.63) is 0 Å². The monoisotopic (exact) mass is 225 g/mol. The van der Waals surface area contributed by atoms with Gasteiger partial charge in [-0.05, 0) is 37.5 Å². The third kappa shape index (κ3) is 2.40. The van der Waals surface area contributed by atoms with Gasteiger partial charge in [0.1, 0.15) is 0 Å². The summed E-state index contributed by atoms with van der Waals surface area (Å²) < 4.78 is 5.41. The van der Waals surface area contributed by atoms with E-state index in [0.29, 0.717) is 17.9 Å². The lowest BCUT2D eigenvalue weighted by atomic mass is 9.60. The first-order chi connectivity index (χ1) is 7.77. The summed E-state index contributed by atoms with van der Waals surface area (Å²) in [5.41, 5.74) is 0.389. The summed E-state index contributed by atoms with van der Waals surface area (Å²) in [6.07, 6.45) is 7.50. The van der Waals surface area contributed by atoms with Crippen molar-refractivity contribution < 1.29 is 9.53 Å². The van der Waals surface area contributed by atoms with Crippen LogP contribution < -0.4 is 5.32 Å². The van der Waals surface area contributed by atoms with Gasteiger partial charge in [-0.3, -0.25) is 4.79 Å². The van der Waals surface area contributed by atoms with E-state index < -0.39 is 0 Å². The fourth-order valence-corrected chi connectivity index (χ4v) is 2.90. The van der Waals surface area contributed by atoms with Crippen LogP contribution in [0.3, 0.4) is 0 Å². The molecule has 0 aromatic heterocycles. The lowest BCUT2D eigenvalue weighted by molar-refractivity contribution is -0.127. The zero-order valence-electron chi connectivity index (χ0n) is 10.3. The Morgan fingerprint density at radius 1 is 1.38 bits per heavy atom. The van der Waals surface area contributed by atoms with Crippen molar-refractivity contribution in [3.8, 4) is 0 Å². The Balaban J connectivity index is 1.79. The van der Waals surface area contributed by atoms with Gasteiger partial charge in [0, 0.05) is 25.7 Å². The van der Waals surface area contributed by atoms with Gasteiger partial charge in [0.25, 0.3) is 0 Å². The van der Waals surface area contributed by atoms with Gasteiger partial charge in [-0.25, -0.2) is 0 Å². The SMILES string of the molecule is CCCCC(=O)NC1CCC12CCOCC2. The molecule has 1 aliphatic heterocycles. The molecule has 1 amide bonds. The Kier molecular flexibility index (Phi) is 3.85. The van der Waals surface area contributed by atoms with Crippen LogP contribution in [0.1, 0.15) is 51.9 Å². The molecule has 0 aromatic rings. The zero-order valence-corrected chi connectivity index (χ0v) is 10.3. The van der Waals surface area contributed by atoms with Crippen LogP contribution >= 0.6 is 0 Å².